The van der Waals surface area contributed by atoms with Gasteiger partial charge in [0.05, 0.1) is 6.10 Å². The smallest absolute Gasteiger partial charge is 0.317 e. The Morgan fingerprint density at radius 3 is 2.79 bits per heavy atom. The lowest BCUT2D eigenvalue weighted by Crippen LogP contribution is -2.48. The second kappa shape index (κ2) is 7.10. The van der Waals surface area contributed by atoms with Crippen molar-refractivity contribution in [3.05, 3.63) is 0 Å². The van der Waals surface area contributed by atoms with E-state index in [2.05, 4.69) is 5.32 Å². The summed E-state index contributed by atoms with van der Waals surface area (Å²) in [6.45, 7) is 7.94. The topological polar surface area (TPSA) is 72.8 Å². The number of urea groups is 1. The first-order valence-corrected chi connectivity index (χ1v) is 7.16. The minimum Gasteiger partial charge on any atom is -0.396 e. The van der Waals surface area contributed by atoms with Crippen molar-refractivity contribution >= 4 is 6.03 Å². The van der Waals surface area contributed by atoms with Gasteiger partial charge < -0.3 is 20.4 Å². The van der Waals surface area contributed by atoms with Crippen LogP contribution in [0, 0.1) is 11.3 Å². The van der Waals surface area contributed by atoms with Gasteiger partial charge in [-0.1, -0.05) is 13.8 Å². The number of amides is 2. The summed E-state index contributed by atoms with van der Waals surface area (Å²) in [5.74, 6) is 0.213. The predicted molar refractivity (Wildman–Crippen MR) is 74.9 cm³/mol. The fraction of sp³-hybridized carbons (Fsp3) is 0.929. The summed E-state index contributed by atoms with van der Waals surface area (Å²) in [7, 11) is 0. The Balaban J connectivity index is 2.38. The van der Waals surface area contributed by atoms with Gasteiger partial charge in [-0.25, -0.2) is 4.79 Å². The fourth-order valence-electron chi connectivity index (χ4n) is 2.70. The van der Waals surface area contributed by atoms with E-state index in [0.717, 1.165) is 19.4 Å². The standard InChI is InChI=1S/C14H28N2O3/c1-11(18)7-14(2,3)10-15-13(19)16-6-4-5-12(8-16)9-17/h11-12,17-18H,4-10H2,1-3H3,(H,15,19). The van der Waals surface area contributed by atoms with Crippen LogP contribution in [0.3, 0.4) is 0 Å². The van der Waals surface area contributed by atoms with Crippen molar-refractivity contribution in [3.8, 4) is 0 Å². The lowest BCUT2D eigenvalue weighted by molar-refractivity contribution is 0.116. The third-order valence-corrected chi connectivity index (χ3v) is 3.63. The van der Waals surface area contributed by atoms with Crippen molar-refractivity contribution in [2.45, 2.75) is 46.1 Å². The summed E-state index contributed by atoms with van der Waals surface area (Å²) in [6.07, 6.45) is 2.25. The first kappa shape index (κ1) is 16.2. The van der Waals surface area contributed by atoms with Gasteiger partial charge >= 0.3 is 6.03 Å². The number of rotatable bonds is 5. The van der Waals surface area contributed by atoms with E-state index in [1.807, 2.05) is 13.8 Å². The van der Waals surface area contributed by atoms with Gasteiger partial charge in [-0.15, -0.1) is 0 Å². The Kier molecular flexibility index (Phi) is 6.07. The van der Waals surface area contributed by atoms with Crippen LogP contribution in [0.1, 0.15) is 40.0 Å². The van der Waals surface area contributed by atoms with E-state index >= 15 is 0 Å². The predicted octanol–water partition coefficient (Wildman–Crippen LogP) is 1.20. The molecule has 112 valence electrons. The van der Waals surface area contributed by atoms with Gasteiger partial charge in [0.25, 0.3) is 0 Å². The first-order chi connectivity index (χ1) is 8.84. The highest BCUT2D eigenvalue weighted by molar-refractivity contribution is 5.74. The summed E-state index contributed by atoms with van der Waals surface area (Å²) < 4.78 is 0. The van der Waals surface area contributed by atoms with Crippen LogP contribution in [-0.2, 0) is 0 Å². The highest BCUT2D eigenvalue weighted by atomic mass is 16.3. The van der Waals surface area contributed by atoms with E-state index in [1.165, 1.54) is 0 Å². The molecule has 0 spiro atoms. The maximum Gasteiger partial charge on any atom is 0.317 e. The molecule has 1 rings (SSSR count). The van der Waals surface area contributed by atoms with E-state index in [1.54, 1.807) is 11.8 Å². The zero-order valence-corrected chi connectivity index (χ0v) is 12.4. The van der Waals surface area contributed by atoms with Crippen LogP contribution >= 0.6 is 0 Å². The van der Waals surface area contributed by atoms with E-state index in [-0.39, 0.29) is 30.1 Å². The lowest BCUT2D eigenvalue weighted by Gasteiger charge is -2.33. The summed E-state index contributed by atoms with van der Waals surface area (Å²) in [5, 5.41) is 21.5. The lowest BCUT2D eigenvalue weighted by atomic mass is 9.87. The maximum absolute atomic E-state index is 12.1. The third kappa shape index (κ3) is 5.78. The molecule has 2 atom stereocenters. The summed E-state index contributed by atoms with van der Waals surface area (Å²) >= 11 is 0. The first-order valence-electron chi connectivity index (χ1n) is 7.16. The molecule has 0 aromatic rings. The molecule has 19 heavy (non-hydrogen) atoms. The second-order valence-electron chi connectivity index (χ2n) is 6.51. The molecule has 1 aliphatic heterocycles. The van der Waals surface area contributed by atoms with E-state index in [4.69, 9.17) is 5.11 Å². The number of aliphatic hydroxyl groups is 2. The van der Waals surface area contributed by atoms with Crippen LogP contribution in [0.5, 0.6) is 0 Å². The van der Waals surface area contributed by atoms with Crippen LogP contribution in [0.15, 0.2) is 0 Å². The molecule has 0 saturated carbocycles. The van der Waals surface area contributed by atoms with Crippen LogP contribution in [0.2, 0.25) is 0 Å². The summed E-state index contributed by atoms with van der Waals surface area (Å²) in [6, 6.07) is -0.0585. The van der Waals surface area contributed by atoms with Crippen LogP contribution in [-0.4, -0.2) is 53.5 Å². The fourth-order valence-corrected chi connectivity index (χ4v) is 2.70. The number of hydrogen-bond acceptors (Lipinski definition) is 3. The highest BCUT2D eigenvalue weighted by Crippen LogP contribution is 2.21. The monoisotopic (exact) mass is 272 g/mol. The highest BCUT2D eigenvalue weighted by Gasteiger charge is 2.25. The number of piperidine rings is 1. The van der Waals surface area contributed by atoms with E-state index in [0.29, 0.717) is 19.5 Å². The Morgan fingerprint density at radius 1 is 1.53 bits per heavy atom. The number of hydrogen-bond donors (Lipinski definition) is 3. The van der Waals surface area contributed by atoms with Crippen molar-refractivity contribution in [3.63, 3.8) is 0 Å². The van der Waals surface area contributed by atoms with Gasteiger partial charge in [-0.2, -0.15) is 0 Å². The number of likely N-dealkylation sites (tertiary alicyclic amines) is 1. The van der Waals surface area contributed by atoms with Crippen molar-refractivity contribution in [1.82, 2.24) is 10.2 Å². The largest absolute Gasteiger partial charge is 0.396 e. The number of carbonyl (C=O) groups is 1. The molecule has 0 aromatic carbocycles. The molecule has 1 fully saturated rings. The van der Waals surface area contributed by atoms with Crippen molar-refractivity contribution in [2.24, 2.45) is 11.3 Å². The van der Waals surface area contributed by atoms with Gasteiger partial charge in [0.15, 0.2) is 0 Å². The zero-order chi connectivity index (χ0) is 14.5. The summed E-state index contributed by atoms with van der Waals surface area (Å²) in [5.41, 5.74) is -0.115. The maximum atomic E-state index is 12.1. The molecule has 0 bridgehead atoms. The minimum atomic E-state index is -0.361. The molecule has 1 heterocycles. The van der Waals surface area contributed by atoms with Crippen LogP contribution < -0.4 is 5.32 Å². The average molecular weight is 272 g/mol. The summed E-state index contributed by atoms with van der Waals surface area (Å²) in [4.78, 5) is 13.8. The molecule has 2 unspecified atom stereocenters. The molecule has 5 heteroatoms. The molecule has 0 aromatic heterocycles. The van der Waals surface area contributed by atoms with E-state index < -0.39 is 0 Å². The Hall–Kier alpha value is -0.810. The van der Waals surface area contributed by atoms with Crippen molar-refractivity contribution in [2.75, 3.05) is 26.2 Å². The second-order valence-corrected chi connectivity index (χ2v) is 6.51. The SMILES string of the molecule is CC(O)CC(C)(C)CNC(=O)N1CCCC(CO)C1. The van der Waals surface area contributed by atoms with Gasteiger partial charge in [0, 0.05) is 26.2 Å². The molecule has 1 saturated heterocycles. The van der Waals surface area contributed by atoms with Gasteiger partial charge in [0.2, 0.25) is 0 Å². The number of nitrogens with zero attached hydrogens (tertiary/aromatic N) is 1. The van der Waals surface area contributed by atoms with Crippen molar-refractivity contribution < 1.29 is 15.0 Å². The van der Waals surface area contributed by atoms with Gasteiger partial charge in [-0.3, -0.25) is 0 Å². The van der Waals surface area contributed by atoms with Gasteiger partial charge in [0.1, 0.15) is 0 Å². The molecule has 5 nitrogen and oxygen atoms in total. The Bertz CT molecular complexity index is 292. The van der Waals surface area contributed by atoms with E-state index in [9.17, 15) is 9.90 Å². The number of nitrogens with one attached hydrogen (secondary N) is 1. The number of aliphatic hydroxyl groups excluding tert-OH is 2. The number of carbonyl (C=O) groups excluding carboxylic acids is 1. The van der Waals surface area contributed by atoms with Crippen LogP contribution in [0.25, 0.3) is 0 Å². The minimum absolute atomic E-state index is 0.0585. The van der Waals surface area contributed by atoms with Crippen LogP contribution in [0.4, 0.5) is 4.79 Å². The molecular formula is C14H28N2O3. The normalized spacial score (nSPS) is 22.2. The Morgan fingerprint density at radius 2 is 2.21 bits per heavy atom. The Labute approximate surface area is 116 Å². The van der Waals surface area contributed by atoms with Crippen molar-refractivity contribution in [1.29, 1.82) is 0 Å². The molecule has 2 amide bonds. The quantitative estimate of drug-likeness (QED) is 0.704. The molecule has 0 aliphatic carbocycles. The van der Waals surface area contributed by atoms with Gasteiger partial charge in [-0.05, 0) is 37.5 Å². The molecule has 0 radical (unpaired) electrons. The molecular weight excluding hydrogens is 244 g/mol. The third-order valence-electron chi connectivity index (χ3n) is 3.63. The average Bonchev–Trinajstić information content (AvgIpc) is 2.34. The zero-order valence-electron chi connectivity index (χ0n) is 12.4. The molecule has 1 aliphatic rings. The molecule has 3 N–H and O–H groups in total.